The minimum atomic E-state index is 0.450. The van der Waals surface area contributed by atoms with E-state index in [4.69, 9.17) is 14.2 Å². The van der Waals surface area contributed by atoms with E-state index in [9.17, 15) is 0 Å². The van der Waals surface area contributed by atoms with Gasteiger partial charge in [0.2, 0.25) is 5.95 Å². The molecule has 7 heteroatoms. The molecule has 0 bridgehead atoms. The van der Waals surface area contributed by atoms with Crippen LogP contribution in [0.3, 0.4) is 0 Å². The number of hydrogen-bond donors (Lipinski definition) is 1. The minimum absolute atomic E-state index is 0.450. The van der Waals surface area contributed by atoms with E-state index < -0.39 is 0 Å². The first-order valence-corrected chi connectivity index (χ1v) is 11.2. The van der Waals surface area contributed by atoms with Gasteiger partial charge in [0.05, 0.1) is 23.6 Å². The molecule has 0 saturated heterocycles. The first-order valence-electron chi connectivity index (χ1n) is 10.1. The lowest BCUT2D eigenvalue weighted by molar-refractivity contribution is 0.345. The number of halogens is 1. The van der Waals surface area contributed by atoms with E-state index in [1.54, 1.807) is 6.20 Å². The number of anilines is 2. The number of benzene rings is 1. The Morgan fingerprint density at radius 3 is 2.90 bits per heavy atom. The minimum Gasteiger partial charge on any atom is -0.493 e. The molecule has 1 aliphatic rings. The lowest BCUT2D eigenvalue weighted by Crippen LogP contribution is -2.07. The lowest BCUT2D eigenvalue weighted by atomic mass is 9.85. The third-order valence-electron chi connectivity index (χ3n) is 5.23. The van der Waals surface area contributed by atoms with Crippen LogP contribution in [0.1, 0.15) is 49.5 Å². The number of ether oxygens (including phenoxy) is 1. The molecule has 4 rings (SSSR count). The smallest absolute Gasteiger partial charge is 0.227 e. The predicted molar refractivity (Wildman–Crippen MR) is 117 cm³/mol. The van der Waals surface area contributed by atoms with Gasteiger partial charge in [-0.15, -0.1) is 0 Å². The van der Waals surface area contributed by atoms with Crippen molar-refractivity contribution < 1.29 is 9.26 Å². The fraction of sp³-hybridized carbons (Fsp3) is 0.409. The second-order valence-corrected chi connectivity index (χ2v) is 8.08. The number of alkyl halides is 1. The SMILES string of the molecule is Cc1onc(C2CCCCC2)c1-c1ccnc(Nc2cccc(OCCBr)c2)n1. The van der Waals surface area contributed by atoms with Crippen LogP contribution in [-0.4, -0.2) is 27.1 Å². The van der Waals surface area contributed by atoms with Crippen molar-refractivity contribution in [1.82, 2.24) is 15.1 Å². The maximum absolute atomic E-state index is 5.67. The van der Waals surface area contributed by atoms with Gasteiger partial charge in [0.1, 0.15) is 11.5 Å². The maximum Gasteiger partial charge on any atom is 0.227 e. The highest BCUT2D eigenvalue weighted by Gasteiger charge is 2.25. The van der Waals surface area contributed by atoms with Gasteiger partial charge in [-0.05, 0) is 38.0 Å². The largest absolute Gasteiger partial charge is 0.493 e. The Labute approximate surface area is 179 Å². The molecular weight excluding hydrogens is 432 g/mol. The van der Waals surface area contributed by atoms with Crippen LogP contribution >= 0.6 is 15.9 Å². The van der Waals surface area contributed by atoms with E-state index in [1.807, 2.05) is 37.3 Å². The summed E-state index contributed by atoms with van der Waals surface area (Å²) < 4.78 is 11.2. The maximum atomic E-state index is 5.67. The Bertz CT molecular complexity index is 953. The van der Waals surface area contributed by atoms with Gasteiger partial charge in [-0.3, -0.25) is 0 Å². The number of rotatable bonds is 7. The van der Waals surface area contributed by atoms with E-state index in [0.717, 1.165) is 52.3 Å². The zero-order chi connectivity index (χ0) is 20.1. The summed E-state index contributed by atoms with van der Waals surface area (Å²) in [5.41, 5.74) is 3.77. The second kappa shape index (κ2) is 9.39. The predicted octanol–water partition coefficient (Wildman–Crippen LogP) is 6.01. The van der Waals surface area contributed by atoms with Crippen molar-refractivity contribution in [2.45, 2.75) is 44.9 Å². The standard InChI is InChI=1S/C22H25BrN4O2/c1-15-20(21(27-29-15)16-6-3-2-4-7-16)19-10-12-24-22(26-19)25-17-8-5-9-18(14-17)28-13-11-23/h5,8-10,12,14,16H,2-4,6-7,11,13H2,1H3,(H,24,25,26). The van der Waals surface area contributed by atoms with Gasteiger partial charge in [-0.1, -0.05) is 46.4 Å². The molecule has 0 radical (unpaired) electrons. The monoisotopic (exact) mass is 456 g/mol. The van der Waals surface area contributed by atoms with Crippen molar-refractivity contribution in [3.05, 3.63) is 48.0 Å². The third kappa shape index (κ3) is 4.78. The van der Waals surface area contributed by atoms with Gasteiger partial charge in [-0.25, -0.2) is 9.97 Å². The topological polar surface area (TPSA) is 73.1 Å². The fourth-order valence-electron chi connectivity index (χ4n) is 3.86. The van der Waals surface area contributed by atoms with Gasteiger partial charge in [0, 0.05) is 29.2 Å². The van der Waals surface area contributed by atoms with Crippen LogP contribution in [0.25, 0.3) is 11.3 Å². The van der Waals surface area contributed by atoms with Crippen LogP contribution in [0, 0.1) is 6.92 Å². The van der Waals surface area contributed by atoms with Crippen LogP contribution in [0.2, 0.25) is 0 Å². The second-order valence-electron chi connectivity index (χ2n) is 7.29. The van der Waals surface area contributed by atoms with Gasteiger partial charge in [0.25, 0.3) is 0 Å². The first kappa shape index (κ1) is 19.9. The molecule has 152 valence electrons. The fourth-order valence-corrected chi connectivity index (χ4v) is 4.02. The molecule has 1 aromatic carbocycles. The van der Waals surface area contributed by atoms with Crippen LogP contribution in [0.4, 0.5) is 11.6 Å². The summed E-state index contributed by atoms with van der Waals surface area (Å²) in [6.07, 6.45) is 7.91. The molecule has 0 atom stereocenters. The molecule has 3 aromatic rings. The molecule has 2 aromatic heterocycles. The van der Waals surface area contributed by atoms with Crippen LogP contribution < -0.4 is 10.1 Å². The quantitative estimate of drug-likeness (QED) is 0.439. The number of aryl methyl sites for hydroxylation is 1. The molecule has 1 saturated carbocycles. The highest BCUT2D eigenvalue weighted by molar-refractivity contribution is 9.09. The Hall–Kier alpha value is -2.41. The average molecular weight is 457 g/mol. The highest BCUT2D eigenvalue weighted by Crippen LogP contribution is 2.38. The van der Waals surface area contributed by atoms with Crippen LogP contribution in [0.5, 0.6) is 5.75 Å². The van der Waals surface area contributed by atoms with Crippen LogP contribution in [0.15, 0.2) is 41.1 Å². The van der Waals surface area contributed by atoms with Crippen molar-refractivity contribution in [1.29, 1.82) is 0 Å². The first-order chi connectivity index (χ1) is 14.2. The van der Waals surface area contributed by atoms with Crippen molar-refractivity contribution in [2.75, 3.05) is 17.3 Å². The van der Waals surface area contributed by atoms with Crippen molar-refractivity contribution in [3.63, 3.8) is 0 Å². The Morgan fingerprint density at radius 2 is 2.07 bits per heavy atom. The molecule has 0 aliphatic heterocycles. The molecule has 1 aliphatic carbocycles. The summed E-state index contributed by atoms with van der Waals surface area (Å²) in [6, 6.07) is 9.71. The molecule has 1 N–H and O–H groups in total. The van der Waals surface area contributed by atoms with Gasteiger partial charge >= 0.3 is 0 Å². The highest BCUT2D eigenvalue weighted by atomic mass is 79.9. The molecule has 0 amide bonds. The Balaban J connectivity index is 1.58. The molecule has 1 fully saturated rings. The average Bonchev–Trinajstić information content (AvgIpc) is 3.15. The molecular formula is C22H25BrN4O2. The molecule has 2 heterocycles. The zero-order valence-corrected chi connectivity index (χ0v) is 18.1. The van der Waals surface area contributed by atoms with E-state index in [2.05, 4.69) is 31.4 Å². The Morgan fingerprint density at radius 1 is 1.21 bits per heavy atom. The van der Waals surface area contributed by atoms with Crippen LogP contribution in [-0.2, 0) is 0 Å². The molecule has 29 heavy (non-hydrogen) atoms. The molecule has 6 nitrogen and oxygen atoms in total. The normalized spacial score (nSPS) is 14.7. The molecule has 0 unspecified atom stereocenters. The van der Waals surface area contributed by atoms with Crippen molar-refractivity contribution >= 4 is 27.6 Å². The summed E-state index contributed by atoms with van der Waals surface area (Å²) in [5.74, 6) is 2.60. The summed E-state index contributed by atoms with van der Waals surface area (Å²) in [4.78, 5) is 9.13. The number of aromatic nitrogens is 3. The summed E-state index contributed by atoms with van der Waals surface area (Å²) in [5, 5.41) is 8.46. The number of nitrogens with zero attached hydrogens (tertiary/aromatic N) is 3. The van der Waals surface area contributed by atoms with E-state index in [1.165, 1.54) is 19.3 Å². The number of nitrogens with one attached hydrogen (secondary N) is 1. The van der Waals surface area contributed by atoms with E-state index >= 15 is 0 Å². The van der Waals surface area contributed by atoms with Gasteiger partial charge in [-0.2, -0.15) is 0 Å². The summed E-state index contributed by atoms with van der Waals surface area (Å²) >= 11 is 3.37. The van der Waals surface area contributed by atoms with E-state index in [0.29, 0.717) is 18.5 Å². The van der Waals surface area contributed by atoms with Crippen molar-refractivity contribution in [3.8, 4) is 17.0 Å². The molecule has 0 spiro atoms. The lowest BCUT2D eigenvalue weighted by Gasteiger charge is -2.20. The Kier molecular flexibility index (Phi) is 6.44. The zero-order valence-electron chi connectivity index (χ0n) is 16.5. The third-order valence-corrected chi connectivity index (χ3v) is 5.55. The van der Waals surface area contributed by atoms with E-state index in [-0.39, 0.29) is 0 Å². The summed E-state index contributed by atoms with van der Waals surface area (Å²) in [6.45, 7) is 2.57. The summed E-state index contributed by atoms with van der Waals surface area (Å²) in [7, 11) is 0. The van der Waals surface area contributed by atoms with Gasteiger partial charge in [0.15, 0.2) is 0 Å². The van der Waals surface area contributed by atoms with Gasteiger partial charge < -0.3 is 14.6 Å². The van der Waals surface area contributed by atoms with Crippen molar-refractivity contribution in [2.24, 2.45) is 0 Å². The number of hydrogen-bond acceptors (Lipinski definition) is 6.